The zero-order valence-corrected chi connectivity index (χ0v) is 11.0. The lowest BCUT2D eigenvalue weighted by Gasteiger charge is -2.24. The van der Waals surface area contributed by atoms with Gasteiger partial charge in [-0.2, -0.15) is 0 Å². The molecule has 0 saturated carbocycles. The summed E-state index contributed by atoms with van der Waals surface area (Å²) < 4.78 is 0. The summed E-state index contributed by atoms with van der Waals surface area (Å²) in [4.78, 5) is 26.0. The van der Waals surface area contributed by atoms with Crippen molar-refractivity contribution in [3.8, 4) is 0 Å². The highest BCUT2D eigenvalue weighted by molar-refractivity contribution is 5.99. The van der Waals surface area contributed by atoms with Crippen LogP contribution in [0, 0.1) is 0 Å². The molecule has 1 fully saturated rings. The maximum atomic E-state index is 12.5. The highest BCUT2D eigenvalue weighted by Crippen LogP contribution is 2.31. The topological polar surface area (TPSA) is 37.4 Å². The number of hydrogen-bond acceptors (Lipinski definition) is 2. The first-order chi connectivity index (χ1) is 9.75. The van der Waals surface area contributed by atoms with Crippen LogP contribution < -0.4 is 0 Å². The second-order valence-electron chi connectivity index (χ2n) is 4.97. The van der Waals surface area contributed by atoms with Crippen LogP contribution in [-0.4, -0.2) is 23.1 Å². The fourth-order valence-corrected chi connectivity index (χ4v) is 2.62. The molecule has 0 spiro atoms. The van der Waals surface area contributed by atoms with E-state index in [9.17, 15) is 9.59 Å². The van der Waals surface area contributed by atoms with Crippen molar-refractivity contribution in [1.29, 1.82) is 0 Å². The van der Waals surface area contributed by atoms with Crippen molar-refractivity contribution in [1.82, 2.24) is 4.90 Å². The summed E-state index contributed by atoms with van der Waals surface area (Å²) in [7, 11) is 0. The Bertz CT molecular complexity index is 622. The van der Waals surface area contributed by atoms with Crippen LogP contribution >= 0.6 is 0 Å². The first-order valence-electron chi connectivity index (χ1n) is 6.68. The summed E-state index contributed by atoms with van der Waals surface area (Å²) in [6.45, 7) is 0.202. The second kappa shape index (κ2) is 5.29. The molecule has 3 heteroatoms. The number of carbonyl (C=O) groups is 2. The molecule has 1 heterocycles. The van der Waals surface area contributed by atoms with Crippen molar-refractivity contribution in [2.24, 2.45) is 0 Å². The monoisotopic (exact) mass is 265 g/mol. The minimum atomic E-state index is -0.142. The Kier molecular flexibility index (Phi) is 3.33. The molecule has 100 valence electrons. The zero-order valence-electron chi connectivity index (χ0n) is 11.0. The molecule has 0 aliphatic carbocycles. The van der Waals surface area contributed by atoms with Gasteiger partial charge in [-0.1, -0.05) is 48.5 Å². The number of Topliss-reactive ketones (excluding diaryl/α,β-unsaturated/α-hetero) is 1. The third kappa shape index (κ3) is 2.35. The predicted molar refractivity (Wildman–Crippen MR) is 76.3 cm³/mol. The molecule has 0 radical (unpaired) electrons. The third-order valence-corrected chi connectivity index (χ3v) is 3.61. The van der Waals surface area contributed by atoms with E-state index in [2.05, 4.69) is 0 Å². The van der Waals surface area contributed by atoms with E-state index in [1.165, 1.54) is 0 Å². The lowest BCUT2D eigenvalue weighted by Crippen LogP contribution is -2.31. The van der Waals surface area contributed by atoms with E-state index in [-0.39, 0.29) is 24.3 Å². The van der Waals surface area contributed by atoms with E-state index in [4.69, 9.17) is 0 Å². The largest absolute Gasteiger partial charge is 0.324 e. The fraction of sp³-hybridized carbons (Fsp3) is 0.176. The van der Waals surface area contributed by atoms with Gasteiger partial charge in [0.2, 0.25) is 0 Å². The van der Waals surface area contributed by atoms with Crippen molar-refractivity contribution in [3.05, 3.63) is 71.8 Å². The SMILES string of the molecule is O=C1C[C@@H](c2ccccc2)N(C(=O)c2ccccc2)C1. The molecule has 0 aromatic heterocycles. The van der Waals surface area contributed by atoms with Crippen LogP contribution in [0.1, 0.15) is 28.4 Å². The number of likely N-dealkylation sites (tertiary alicyclic amines) is 1. The van der Waals surface area contributed by atoms with E-state index in [0.717, 1.165) is 5.56 Å². The zero-order chi connectivity index (χ0) is 13.9. The van der Waals surface area contributed by atoms with Gasteiger partial charge >= 0.3 is 0 Å². The maximum absolute atomic E-state index is 12.5. The van der Waals surface area contributed by atoms with Gasteiger partial charge in [-0.25, -0.2) is 0 Å². The highest BCUT2D eigenvalue weighted by Gasteiger charge is 2.35. The molecule has 1 aliphatic heterocycles. The molecule has 2 aromatic carbocycles. The van der Waals surface area contributed by atoms with Gasteiger partial charge in [0, 0.05) is 12.0 Å². The average Bonchev–Trinajstić information content (AvgIpc) is 2.90. The van der Waals surface area contributed by atoms with Crippen molar-refractivity contribution < 1.29 is 9.59 Å². The average molecular weight is 265 g/mol. The summed E-state index contributed by atoms with van der Waals surface area (Å²) in [6, 6.07) is 18.7. The first kappa shape index (κ1) is 12.6. The molecule has 20 heavy (non-hydrogen) atoms. The van der Waals surface area contributed by atoms with Crippen LogP contribution in [0.4, 0.5) is 0 Å². The molecule has 1 saturated heterocycles. The molecular formula is C17H15NO2. The van der Waals surface area contributed by atoms with E-state index < -0.39 is 0 Å². The van der Waals surface area contributed by atoms with Crippen LogP contribution in [0.5, 0.6) is 0 Å². The molecular weight excluding hydrogens is 250 g/mol. The Morgan fingerprint density at radius 2 is 1.55 bits per heavy atom. The summed E-state index contributed by atoms with van der Waals surface area (Å²) >= 11 is 0. The molecule has 0 bridgehead atoms. The van der Waals surface area contributed by atoms with Gasteiger partial charge in [0.1, 0.15) is 0 Å². The van der Waals surface area contributed by atoms with Crippen LogP contribution in [0.2, 0.25) is 0 Å². The lowest BCUT2D eigenvalue weighted by atomic mass is 10.0. The first-order valence-corrected chi connectivity index (χ1v) is 6.68. The number of ketones is 1. The number of rotatable bonds is 2. The molecule has 0 unspecified atom stereocenters. The van der Waals surface area contributed by atoms with Gasteiger partial charge in [0.15, 0.2) is 5.78 Å². The number of carbonyl (C=O) groups excluding carboxylic acids is 2. The van der Waals surface area contributed by atoms with Crippen molar-refractivity contribution in [3.63, 3.8) is 0 Å². The van der Waals surface area contributed by atoms with Gasteiger partial charge in [0.25, 0.3) is 5.91 Å². The number of nitrogens with zero attached hydrogens (tertiary/aromatic N) is 1. The Balaban J connectivity index is 1.91. The smallest absolute Gasteiger partial charge is 0.254 e. The van der Waals surface area contributed by atoms with Gasteiger partial charge in [0.05, 0.1) is 12.6 Å². The van der Waals surface area contributed by atoms with E-state index >= 15 is 0 Å². The molecule has 0 N–H and O–H groups in total. The minimum Gasteiger partial charge on any atom is -0.324 e. The predicted octanol–water partition coefficient (Wildman–Crippen LogP) is 2.84. The van der Waals surface area contributed by atoms with Gasteiger partial charge in [-0.05, 0) is 17.7 Å². The van der Waals surface area contributed by atoms with Gasteiger partial charge < -0.3 is 4.90 Å². The standard InChI is InChI=1S/C17H15NO2/c19-15-11-16(13-7-3-1-4-8-13)18(12-15)17(20)14-9-5-2-6-10-14/h1-10,16H,11-12H2/t16-/m0/s1. The van der Waals surface area contributed by atoms with Crippen molar-refractivity contribution in [2.75, 3.05) is 6.54 Å². The summed E-state index contributed by atoms with van der Waals surface area (Å²) in [5.41, 5.74) is 1.64. The molecule has 2 aromatic rings. The van der Waals surface area contributed by atoms with Gasteiger partial charge in [-0.15, -0.1) is 0 Å². The Hall–Kier alpha value is -2.42. The van der Waals surface area contributed by atoms with Gasteiger partial charge in [-0.3, -0.25) is 9.59 Å². The van der Waals surface area contributed by atoms with Crippen LogP contribution in [0.15, 0.2) is 60.7 Å². The van der Waals surface area contributed by atoms with Crippen LogP contribution in [0.25, 0.3) is 0 Å². The van der Waals surface area contributed by atoms with Crippen LogP contribution in [0.3, 0.4) is 0 Å². The van der Waals surface area contributed by atoms with Crippen molar-refractivity contribution >= 4 is 11.7 Å². The van der Waals surface area contributed by atoms with Crippen molar-refractivity contribution in [2.45, 2.75) is 12.5 Å². The number of benzene rings is 2. The summed E-state index contributed by atoms with van der Waals surface area (Å²) in [6.07, 6.45) is 0.405. The fourth-order valence-electron chi connectivity index (χ4n) is 2.62. The van der Waals surface area contributed by atoms with E-state index in [0.29, 0.717) is 12.0 Å². The Morgan fingerprint density at radius 1 is 0.950 bits per heavy atom. The molecule has 1 amide bonds. The molecule has 3 rings (SSSR count). The van der Waals surface area contributed by atoms with E-state index in [1.54, 1.807) is 17.0 Å². The lowest BCUT2D eigenvalue weighted by molar-refractivity contribution is -0.116. The van der Waals surface area contributed by atoms with E-state index in [1.807, 2.05) is 48.5 Å². The highest BCUT2D eigenvalue weighted by atomic mass is 16.2. The Morgan fingerprint density at radius 3 is 2.20 bits per heavy atom. The quantitative estimate of drug-likeness (QED) is 0.837. The maximum Gasteiger partial charge on any atom is 0.254 e. The molecule has 1 aliphatic rings. The minimum absolute atomic E-state index is 0.0784. The Labute approximate surface area is 117 Å². The second-order valence-corrected chi connectivity index (χ2v) is 4.97. The molecule has 1 atom stereocenters. The normalized spacial score (nSPS) is 18.3. The van der Waals surface area contributed by atoms with Crippen LogP contribution in [-0.2, 0) is 4.79 Å². The number of amides is 1. The molecule has 3 nitrogen and oxygen atoms in total. The third-order valence-electron chi connectivity index (χ3n) is 3.61. The number of hydrogen-bond donors (Lipinski definition) is 0. The summed E-state index contributed by atoms with van der Waals surface area (Å²) in [5, 5.41) is 0. The summed E-state index contributed by atoms with van der Waals surface area (Å²) in [5.74, 6) is 0.0356.